The number of unbranched alkanes of at least 4 members (excludes halogenated alkanes) is 1. The topological polar surface area (TPSA) is 0 Å². The van der Waals surface area contributed by atoms with E-state index in [9.17, 15) is 13.2 Å². The lowest BCUT2D eigenvalue weighted by molar-refractivity contribution is -0.171. The van der Waals surface area contributed by atoms with Crippen LogP contribution in [-0.4, -0.2) is 6.18 Å². The molecule has 194 valence electrons. The van der Waals surface area contributed by atoms with Crippen molar-refractivity contribution in [3.8, 4) is 0 Å². The van der Waals surface area contributed by atoms with Gasteiger partial charge in [-0.15, -0.1) is 0 Å². The van der Waals surface area contributed by atoms with E-state index >= 15 is 0 Å². The predicted molar refractivity (Wildman–Crippen MR) is 134 cm³/mol. The molecule has 9 atom stereocenters. The number of hydrogen-bond donors (Lipinski definition) is 0. The SMILES string of the molecule is CC.CCC1CCC2(C)C(CCC3C4CCC(CCCCC(C)C(F)(F)F)C4(C)CCC32)C1. The number of hydrogen-bond acceptors (Lipinski definition) is 0. The molecule has 0 aromatic heterocycles. The van der Waals surface area contributed by atoms with Gasteiger partial charge in [-0.25, -0.2) is 0 Å². The average molecular weight is 471 g/mol. The highest BCUT2D eigenvalue weighted by molar-refractivity contribution is 5.09. The molecule has 9 unspecified atom stereocenters. The third-order valence-corrected chi connectivity index (χ3v) is 11.5. The maximum absolute atomic E-state index is 12.8. The zero-order chi connectivity index (χ0) is 24.4. The number of rotatable bonds is 6. The smallest absolute Gasteiger partial charge is 0.171 e. The van der Waals surface area contributed by atoms with Crippen LogP contribution in [0.1, 0.15) is 131 Å². The summed E-state index contributed by atoms with van der Waals surface area (Å²) >= 11 is 0. The molecule has 0 radical (unpaired) electrons. The Kier molecular flexibility index (Phi) is 8.97. The second-order valence-electron chi connectivity index (χ2n) is 12.8. The molecule has 0 aromatic rings. The van der Waals surface area contributed by atoms with E-state index < -0.39 is 12.1 Å². The van der Waals surface area contributed by atoms with Gasteiger partial charge in [-0.2, -0.15) is 13.2 Å². The maximum atomic E-state index is 12.8. The number of alkyl halides is 3. The molecule has 0 N–H and O–H groups in total. The van der Waals surface area contributed by atoms with Gasteiger partial charge < -0.3 is 0 Å². The predicted octanol–water partition coefficient (Wildman–Crippen LogP) is 10.5. The fraction of sp³-hybridized carbons (Fsp3) is 1.00. The second kappa shape index (κ2) is 10.8. The van der Waals surface area contributed by atoms with Crippen molar-refractivity contribution in [2.45, 2.75) is 138 Å². The van der Waals surface area contributed by atoms with E-state index in [1.165, 1.54) is 71.1 Å². The third kappa shape index (κ3) is 5.32. The Morgan fingerprint density at radius 2 is 1.52 bits per heavy atom. The summed E-state index contributed by atoms with van der Waals surface area (Å²) < 4.78 is 38.4. The van der Waals surface area contributed by atoms with Gasteiger partial charge in [-0.3, -0.25) is 0 Å². The van der Waals surface area contributed by atoms with Gasteiger partial charge in [0.1, 0.15) is 0 Å². The number of fused-ring (bicyclic) bond motifs is 5. The summed E-state index contributed by atoms with van der Waals surface area (Å²) in [5.74, 6) is 4.28. The molecule has 0 aliphatic heterocycles. The normalized spacial score (nSPS) is 43.5. The quantitative estimate of drug-likeness (QED) is 0.339. The Hall–Kier alpha value is -0.210. The van der Waals surface area contributed by atoms with Gasteiger partial charge in [-0.05, 0) is 117 Å². The van der Waals surface area contributed by atoms with Gasteiger partial charge in [-0.1, -0.05) is 60.8 Å². The molecular weight excluding hydrogens is 417 g/mol. The summed E-state index contributed by atoms with van der Waals surface area (Å²) in [6, 6.07) is 0. The standard InChI is InChI=1S/C28H47F3.C2H6/c1-5-20-14-16-27(4)22(18-20)10-12-23-24-13-11-21(26(24,3)17-15-25(23)27)9-7-6-8-19(2)28(29,30)31;1-2/h19-25H,5-18H2,1-4H3;1-2H3. The van der Waals surface area contributed by atoms with Crippen LogP contribution >= 0.6 is 0 Å². The molecule has 0 aromatic carbocycles. The average Bonchev–Trinajstić information content (AvgIpc) is 3.13. The van der Waals surface area contributed by atoms with Crippen LogP contribution in [-0.2, 0) is 0 Å². The molecule has 0 saturated heterocycles. The van der Waals surface area contributed by atoms with Gasteiger partial charge in [0.25, 0.3) is 0 Å². The van der Waals surface area contributed by atoms with Crippen molar-refractivity contribution < 1.29 is 13.2 Å². The molecule has 4 aliphatic carbocycles. The molecule has 33 heavy (non-hydrogen) atoms. The number of halogens is 3. The van der Waals surface area contributed by atoms with Crippen LogP contribution in [0.5, 0.6) is 0 Å². The van der Waals surface area contributed by atoms with Gasteiger partial charge in [0.2, 0.25) is 0 Å². The first-order valence-electron chi connectivity index (χ1n) is 14.7. The molecule has 3 heteroatoms. The first-order chi connectivity index (χ1) is 15.6. The van der Waals surface area contributed by atoms with E-state index in [4.69, 9.17) is 0 Å². The minimum Gasteiger partial charge on any atom is -0.171 e. The molecule has 0 nitrogen and oxygen atoms in total. The fourth-order valence-electron chi connectivity index (χ4n) is 9.31. The van der Waals surface area contributed by atoms with E-state index in [-0.39, 0.29) is 0 Å². The highest BCUT2D eigenvalue weighted by atomic mass is 19.4. The summed E-state index contributed by atoms with van der Waals surface area (Å²) in [6.45, 7) is 13.0. The van der Waals surface area contributed by atoms with E-state index in [1.54, 1.807) is 0 Å². The molecule has 0 heterocycles. The molecule has 4 saturated carbocycles. The summed E-state index contributed by atoms with van der Waals surface area (Å²) in [5.41, 5.74) is 1.04. The van der Waals surface area contributed by atoms with Crippen LogP contribution in [0, 0.1) is 52.3 Å². The molecule has 0 bridgehead atoms. The van der Waals surface area contributed by atoms with E-state index in [2.05, 4.69) is 20.8 Å². The van der Waals surface area contributed by atoms with Gasteiger partial charge >= 0.3 is 6.18 Å². The van der Waals surface area contributed by atoms with Crippen LogP contribution in [0.3, 0.4) is 0 Å². The van der Waals surface area contributed by atoms with Crippen LogP contribution in [0.2, 0.25) is 0 Å². The summed E-state index contributed by atoms with van der Waals surface area (Å²) in [5, 5.41) is 0. The second-order valence-corrected chi connectivity index (χ2v) is 12.8. The highest BCUT2D eigenvalue weighted by Gasteiger charge is 2.59. The van der Waals surface area contributed by atoms with Crippen LogP contribution < -0.4 is 0 Å². The van der Waals surface area contributed by atoms with Crippen molar-refractivity contribution in [3.05, 3.63) is 0 Å². The first kappa shape index (κ1) is 27.4. The van der Waals surface area contributed by atoms with E-state index in [1.807, 2.05) is 13.8 Å². The molecule has 0 amide bonds. The van der Waals surface area contributed by atoms with Crippen LogP contribution in [0.25, 0.3) is 0 Å². The largest absolute Gasteiger partial charge is 0.391 e. The Morgan fingerprint density at radius 1 is 0.848 bits per heavy atom. The van der Waals surface area contributed by atoms with Gasteiger partial charge in [0, 0.05) is 0 Å². The Balaban J connectivity index is 0.00000149. The molecule has 0 spiro atoms. The lowest BCUT2D eigenvalue weighted by Gasteiger charge is -2.61. The molecule has 4 rings (SSSR count). The summed E-state index contributed by atoms with van der Waals surface area (Å²) in [7, 11) is 0. The lowest BCUT2D eigenvalue weighted by Crippen LogP contribution is -2.53. The van der Waals surface area contributed by atoms with Crippen molar-refractivity contribution in [2.24, 2.45) is 52.3 Å². The van der Waals surface area contributed by atoms with Crippen LogP contribution in [0.15, 0.2) is 0 Å². The van der Waals surface area contributed by atoms with E-state index in [0.29, 0.717) is 17.3 Å². The van der Waals surface area contributed by atoms with Gasteiger partial charge in [0.05, 0.1) is 5.92 Å². The summed E-state index contributed by atoms with van der Waals surface area (Å²) in [4.78, 5) is 0. The third-order valence-electron chi connectivity index (χ3n) is 11.5. The Bertz CT molecular complexity index is 612. The van der Waals surface area contributed by atoms with Crippen molar-refractivity contribution in [1.82, 2.24) is 0 Å². The summed E-state index contributed by atoms with van der Waals surface area (Å²) in [6.07, 6.45) is 13.4. The lowest BCUT2D eigenvalue weighted by atomic mass is 9.44. The Labute approximate surface area is 203 Å². The first-order valence-corrected chi connectivity index (χ1v) is 14.7. The Morgan fingerprint density at radius 3 is 2.18 bits per heavy atom. The molecular formula is C30H53F3. The van der Waals surface area contributed by atoms with Gasteiger partial charge in [0.15, 0.2) is 0 Å². The van der Waals surface area contributed by atoms with Crippen molar-refractivity contribution in [3.63, 3.8) is 0 Å². The highest BCUT2D eigenvalue weighted by Crippen LogP contribution is 2.68. The van der Waals surface area contributed by atoms with Crippen molar-refractivity contribution in [1.29, 1.82) is 0 Å². The monoisotopic (exact) mass is 470 g/mol. The van der Waals surface area contributed by atoms with E-state index in [0.717, 1.165) is 54.8 Å². The fourth-order valence-corrected chi connectivity index (χ4v) is 9.31. The maximum Gasteiger partial charge on any atom is 0.391 e. The minimum absolute atomic E-state index is 0.305. The molecule has 4 aliphatic rings. The van der Waals surface area contributed by atoms with Crippen LogP contribution in [0.4, 0.5) is 13.2 Å². The zero-order valence-corrected chi connectivity index (χ0v) is 22.6. The minimum atomic E-state index is -4.02. The van der Waals surface area contributed by atoms with Crippen molar-refractivity contribution in [2.75, 3.05) is 0 Å². The zero-order valence-electron chi connectivity index (χ0n) is 22.6. The molecule has 4 fully saturated rings. The van der Waals surface area contributed by atoms with Crippen molar-refractivity contribution >= 4 is 0 Å².